The van der Waals surface area contributed by atoms with E-state index in [-0.39, 0.29) is 5.91 Å². The number of amides is 1. The Morgan fingerprint density at radius 1 is 1.19 bits per heavy atom. The smallest absolute Gasteiger partial charge is 0.252 e. The first-order valence-electron chi connectivity index (χ1n) is 10.7. The van der Waals surface area contributed by atoms with Crippen LogP contribution in [0.4, 0.5) is 0 Å². The highest BCUT2D eigenvalue weighted by Gasteiger charge is 2.23. The molecule has 0 spiro atoms. The Morgan fingerprint density at radius 2 is 1.94 bits per heavy atom. The van der Waals surface area contributed by atoms with Gasteiger partial charge < -0.3 is 25.4 Å². The Balaban J connectivity index is 1.40. The van der Waals surface area contributed by atoms with Gasteiger partial charge in [0.2, 0.25) is 0 Å². The van der Waals surface area contributed by atoms with Crippen LogP contribution < -0.4 is 25.4 Å². The van der Waals surface area contributed by atoms with E-state index in [9.17, 15) is 4.79 Å². The first-order chi connectivity index (χ1) is 15.6. The summed E-state index contributed by atoms with van der Waals surface area (Å²) in [6.07, 6.45) is 4.22. The molecule has 172 valence electrons. The van der Waals surface area contributed by atoms with Gasteiger partial charge in [0.05, 0.1) is 19.8 Å². The van der Waals surface area contributed by atoms with Crippen LogP contribution >= 0.6 is 0 Å². The largest absolute Gasteiger partial charge is 0.497 e. The first kappa shape index (κ1) is 23.3. The van der Waals surface area contributed by atoms with Gasteiger partial charge in [0.15, 0.2) is 5.96 Å². The van der Waals surface area contributed by atoms with Crippen molar-refractivity contribution < 1.29 is 14.3 Å². The van der Waals surface area contributed by atoms with Crippen molar-refractivity contribution in [2.45, 2.75) is 19.0 Å². The molecule has 0 bridgehead atoms. The Kier molecular flexibility index (Phi) is 8.68. The molecule has 1 saturated heterocycles. The molecule has 9 nitrogen and oxygen atoms in total. The van der Waals surface area contributed by atoms with E-state index in [0.29, 0.717) is 24.7 Å². The number of nitrogens with one attached hydrogen (secondary N) is 3. The molecule has 32 heavy (non-hydrogen) atoms. The monoisotopic (exact) mass is 440 g/mol. The zero-order valence-electron chi connectivity index (χ0n) is 18.9. The van der Waals surface area contributed by atoms with Gasteiger partial charge in [-0.1, -0.05) is 0 Å². The van der Waals surface area contributed by atoms with Gasteiger partial charge in [-0.25, -0.2) is 0 Å². The van der Waals surface area contributed by atoms with E-state index in [1.807, 2.05) is 18.2 Å². The van der Waals surface area contributed by atoms with E-state index < -0.39 is 0 Å². The molecule has 1 unspecified atom stereocenters. The number of methoxy groups -OCH3 is 2. The van der Waals surface area contributed by atoms with Crippen molar-refractivity contribution in [3.63, 3.8) is 0 Å². The van der Waals surface area contributed by atoms with Crippen LogP contribution in [-0.4, -0.2) is 75.2 Å². The summed E-state index contributed by atoms with van der Waals surface area (Å²) in [6, 6.07) is 9.76. The second-order valence-corrected chi connectivity index (χ2v) is 7.58. The third kappa shape index (κ3) is 6.84. The van der Waals surface area contributed by atoms with E-state index in [2.05, 4.69) is 30.8 Å². The van der Waals surface area contributed by atoms with Gasteiger partial charge in [-0.3, -0.25) is 19.7 Å². The van der Waals surface area contributed by atoms with Crippen molar-refractivity contribution in [2.24, 2.45) is 4.99 Å². The highest BCUT2D eigenvalue weighted by molar-refractivity contribution is 5.93. The molecular formula is C23H32N6O3. The van der Waals surface area contributed by atoms with E-state index >= 15 is 0 Å². The van der Waals surface area contributed by atoms with Gasteiger partial charge in [0.25, 0.3) is 5.91 Å². The number of ether oxygens (including phenoxy) is 2. The van der Waals surface area contributed by atoms with Crippen molar-refractivity contribution in [1.29, 1.82) is 0 Å². The minimum atomic E-state index is -0.136. The van der Waals surface area contributed by atoms with Crippen LogP contribution in [0.15, 0.2) is 47.7 Å². The number of carbonyl (C=O) groups is 1. The van der Waals surface area contributed by atoms with E-state index in [1.54, 1.807) is 45.8 Å². The second-order valence-electron chi connectivity index (χ2n) is 7.58. The second kappa shape index (κ2) is 11.9. The maximum absolute atomic E-state index is 12.1. The molecule has 0 aliphatic carbocycles. The molecule has 9 heteroatoms. The molecule has 0 radical (unpaired) electrons. The van der Waals surface area contributed by atoms with Gasteiger partial charge in [-0.15, -0.1) is 0 Å². The van der Waals surface area contributed by atoms with Crippen LogP contribution in [0.3, 0.4) is 0 Å². The molecule has 1 aliphatic heterocycles. The van der Waals surface area contributed by atoms with Crippen molar-refractivity contribution in [1.82, 2.24) is 25.8 Å². The number of rotatable bonds is 9. The number of pyridine rings is 1. The number of aliphatic imine (C=N–C) groups is 1. The predicted molar refractivity (Wildman–Crippen MR) is 124 cm³/mol. The summed E-state index contributed by atoms with van der Waals surface area (Å²) < 4.78 is 10.7. The molecule has 3 N–H and O–H groups in total. The predicted octanol–water partition coefficient (Wildman–Crippen LogP) is 1.27. The molecule has 1 atom stereocenters. The van der Waals surface area contributed by atoms with E-state index in [4.69, 9.17) is 9.47 Å². The maximum atomic E-state index is 12.1. The Labute approximate surface area is 189 Å². The molecule has 2 heterocycles. The summed E-state index contributed by atoms with van der Waals surface area (Å²) in [5.41, 5.74) is 1.71. The quantitative estimate of drug-likeness (QED) is 0.307. The van der Waals surface area contributed by atoms with Gasteiger partial charge in [-0.2, -0.15) is 0 Å². The highest BCUT2D eigenvalue weighted by Crippen LogP contribution is 2.24. The Hall–Kier alpha value is -3.33. The average Bonchev–Trinajstić information content (AvgIpc) is 3.27. The third-order valence-electron chi connectivity index (χ3n) is 5.28. The molecule has 2 aromatic rings. The van der Waals surface area contributed by atoms with Crippen molar-refractivity contribution in [3.05, 3.63) is 53.9 Å². The van der Waals surface area contributed by atoms with E-state index in [1.165, 1.54) is 0 Å². The minimum Gasteiger partial charge on any atom is -0.497 e. The van der Waals surface area contributed by atoms with Crippen LogP contribution in [-0.2, 0) is 6.54 Å². The molecule has 1 fully saturated rings. The lowest BCUT2D eigenvalue weighted by Crippen LogP contribution is -2.46. The average molecular weight is 441 g/mol. The lowest BCUT2D eigenvalue weighted by atomic mass is 10.2. The summed E-state index contributed by atoms with van der Waals surface area (Å²) in [7, 11) is 5.08. The summed E-state index contributed by atoms with van der Waals surface area (Å²) in [5, 5.41) is 9.60. The number of hydrogen-bond acceptors (Lipinski definition) is 6. The lowest BCUT2D eigenvalue weighted by Gasteiger charge is -2.19. The SMILES string of the molecule is CN=C(NCCNC(=O)c1cccnc1)NC1CCN(Cc2cc(OC)cc(OC)c2)C1. The number of hydrogen-bond donors (Lipinski definition) is 3. The number of benzene rings is 1. The van der Waals surface area contributed by atoms with Crippen molar-refractivity contribution in [2.75, 3.05) is 47.4 Å². The fraction of sp³-hybridized carbons (Fsp3) is 0.435. The fourth-order valence-electron chi connectivity index (χ4n) is 3.65. The Morgan fingerprint density at radius 3 is 2.59 bits per heavy atom. The van der Waals surface area contributed by atoms with Crippen molar-refractivity contribution >= 4 is 11.9 Å². The van der Waals surface area contributed by atoms with Crippen molar-refractivity contribution in [3.8, 4) is 11.5 Å². The van der Waals surface area contributed by atoms with Gasteiger partial charge in [-0.05, 0) is 36.2 Å². The van der Waals surface area contributed by atoms with Gasteiger partial charge >= 0.3 is 0 Å². The third-order valence-corrected chi connectivity index (χ3v) is 5.28. The van der Waals surface area contributed by atoms with Crippen LogP contribution in [0.2, 0.25) is 0 Å². The van der Waals surface area contributed by atoms with E-state index in [0.717, 1.165) is 49.1 Å². The number of nitrogens with zero attached hydrogens (tertiary/aromatic N) is 3. The normalized spacial score (nSPS) is 16.5. The fourth-order valence-corrected chi connectivity index (χ4v) is 3.65. The molecule has 1 aromatic carbocycles. The number of likely N-dealkylation sites (tertiary alicyclic amines) is 1. The lowest BCUT2D eigenvalue weighted by molar-refractivity contribution is 0.0954. The number of carbonyl (C=O) groups excluding carboxylic acids is 1. The highest BCUT2D eigenvalue weighted by atomic mass is 16.5. The van der Waals surface area contributed by atoms with Gasteiger partial charge in [0, 0.05) is 64.3 Å². The summed E-state index contributed by atoms with van der Waals surface area (Å²) in [6.45, 7) is 3.81. The standard InChI is InChI=1S/C23H32N6O3/c1-24-23(27-9-8-26-22(30)18-5-4-7-25-14-18)28-19-6-10-29(16-19)15-17-11-20(31-2)13-21(12-17)32-3/h4-5,7,11-14,19H,6,8-10,15-16H2,1-3H3,(H,26,30)(H2,24,27,28). The summed E-state index contributed by atoms with van der Waals surface area (Å²) >= 11 is 0. The Bertz CT molecular complexity index is 884. The topological polar surface area (TPSA) is 100 Å². The zero-order valence-corrected chi connectivity index (χ0v) is 18.9. The van der Waals surface area contributed by atoms with Crippen LogP contribution in [0.1, 0.15) is 22.3 Å². The summed E-state index contributed by atoms with van der Waals surface area (Å²) in [4.78, 5) is 22.7. The molecule has 1 aliphatic rings. The maximum Gasteiger partial charge on any atom is 0.252 e. The number of aromatic nitrogens is 1. The molecular weight excluding hydrogens is 408 g/mol. The molecule has 3 rings (SSSR count). The molecule has 1 amide bonds. The molecule has 1 aromatic heterocycles. The first-order valence-corrected chi connectivity index (χ1v) is 10.7. The zero-order chi connectivity index (χ0) is 22.8. The van der Waals surface area contributed by atoms with Crippen LogP contribution in [0.25, 0.3) is 0 Å². The van der Waals surface area contributed by atoms with Gasteiger partial charge in [0.1, 0.15) is 11.5 Å². The van der Waals surface area contributed by atoms with Crippen LogP contribution in [0.5, 0.6) is 11.5 Å². The van der Waals surface area contributed by atoms with Crippen LogP contribution in [0, 0.1) is 0 Å². The summed E-state index contributed by atoms with van der Waals surface area (Å²) in [5.74, 6) is 2.20. The number of guanidine groups is 1. The molecule has 0 saturated carbocycles. The minimum absolute atomic E-state index is 0.136.